The van der Waals surface area contributed by atoms with E-state index in [1.54, 1.807) is 13.1 Å². The molecule has 2 heterocycles. The minimum absolute atomic E-state index is 0.103. The zero-order valence-corrected chi connectivity index (χ0v) is 15.1. The molecule has 6 nitrogen and oxygen atoms in total. The fourth-order valence-corrected chi connectivity index (χ4v) is 3.55. The molecule has 2 aromatic rings. The van der Waals surface area contributed by atoms with Gasteiger partial charge in [-0.25, -0.2) is 9.67 Å². The van der Waals surface area contributed by atoms with Crippen LogP contribution < -0.4 is 10.6 Å². The summed E-state index contributed by atoms with van der Waals surface area (Å²) >= 11 is 6.04. The Labute approximate surface area is 154 Å². The number of nitrogens with one attached hydrogen (secondary N) is 2. The van der Waals surface area contributed by atoms with Gasteiger partial charge in [0.1, 0.15) is 10.7 Å². The van der Waals surface area contributed by atoms with E-state index in [0.717, 1.165) is 19.3 Å². The van der Waals surface area contributed by atoms with E-state index in [1.807, 2.05) is 0 Å². The van der Waals surface area contributed by atoms with Crippen LogP contribution >= 0.6 is 11.6 Å². The topological polar surface area (TPSA) is 71.8 Å². The number of rotatable bonds is 5. The van der Waals surface area contributed by atoms with Crippen molar-refractivity contribution in [1.82, 2.24) is 20.1 Å². The van der Waals surface area contributed by atoms with E-state index in [1.165, 1.54) is 18.5 Å². The van der Waals surface area contributed by atoms with Crippen molar-refractivity contribution in [3.8, 4) is 11.3 Å². The van der Waals surface area contributed by atoms with Crippen LogP contribution in [0.1, 0.15) is 38.7 Å². The summed E-state index contributed by atoms with van der Waals surface area (Å²) in [7, 11) is 1.60. The van der Waals surface area contributed by atoms with Gasteiger partial charge in [-0.2, -0.15) is 13.9 Å². The number of hydrogen-bond acceptors (Lipinski definition) is 4. The Kier molecular flexibility index (Phi) is 5.41. The van der Waals surface area contributed by atoms with Gasteiger partial charge in [-0.15, -0.1) is 0 Å². The summed E-state index contributed by atoms with van der Waals surface area (Å²) in [4.78, 5) is 16.6. The molecule has 140 valence electrons. The molecule has 2 N–H and O–H groups in total. The molecule has 1 aliphatic carbocycles. The first kappa shape index (κ1) is 18.6. The molecule has 0 bridgehead atoms. The Morgan fingerprint density at radius 1 is 1.35 bits per heavy atom. The van der Waals surface area contributed by atoms with Gasteiger partial charge in [0.2, 0.25) is 5.91 Å². The van der Waals surface area contributed by atoms with E-state index in [-0.39, 0.29) is 11.1 Å². The molecule has 1 fully saturated rings. The monoisotopic (exact) mass is 383 g/mol. The maximum Gasteiger partial charge on any atom is 0.333 e. The van der Waals surface area contributed by atoms with Gasteiger partial charge in [0.05, 0.1) is 5.69 Å². The fourth-order valence-electron chi connectivity index (χ4n) is 3.39. The number of carbonyl (C=O) groups is 1. The van der Waals surface area contributed by atoms with Crippen molar-refractivity contribution in [2.24, 2.45) is 0 Å². The molecule has 1 amide bonds. The number of amides is 1. The van der Waals surface area contributed by atoms with Crippen molar-refractivity contribution < 1.29 is 13.6 Å². The van der Waals surface area contributed by atoms with Crippen LogP contribution in [-0.2, 0) is 4.79 Å². The van der Waals surface area contributed by atoms with Gasteiger partial charge in [-0.05, 0) is 25.0 Å². The van der Waals surface area contributed by atoms with E-state index in [0.29, 0.717) is 34.5 Å². The largest absolute Gasteiger partial charge is 0.371 e. The third-order valence-corrected chi connectivity index (χ3v) is 4.90. The van der Waals surface area contributed by atoms with Gasteiger partial charge in [0, 0.05) is 30.7 Å². The molecule has 26 heavy (non-hydrogen) atoms. The first-order valence-corrected chi connectivity index (χ1v) is 8.82. The summed E-state index contributed by atoms with van der Waals surface area (Å²) in [5.41, 5.74) is 0.634. The molecule has 0 spiro atoms. The van der Waals surface area contributed by atoms with E-state index in [2.05, 4.69) is 20.7 Å². The number of alkyl halides is 2. The van der Waals surface area contributed by atoms with Gasteiger partial charge >= 0.3 is 6.55 Å². The van der Waals surface area contributed by atoms with Crippen molar-refractivity contribution >= 4 is 23.2 Å². The number of carbonyl (C=O) groups excluding carboxylic acids is 1. The molecule has 0 aromatic carbocycles. The van der Waals surface area contributed by atoms with Crippen molar-refractivity contribution in [3.05, 3.63) is 29.7 Å². The normalized spacial score (nSPS) is 16.5. The lowest BCUT2D eigenvalue weighted by Gasteiger charge is -2.37. The number of nitrogens with zero attached hydrogens (tertiary/aromatic N) is 3. The second kappa shape index (κ2) is 7.57. The van der Waals surface area contributed by atoms with Crippen LogP contribution in [0.4, 0.5) is 14.5 Å². The van der Waals surface area contributed by atoms with Crippen LogP contribution in [0.2, 0.25) is 5.15 Å². The molecule has 3 rings (SSSR count). The minimum atomic E-state index is -2.73. The number of halogens is 3. The van der Waals surface area contributed by atoms with Crippen molar-refractivity contribution in [1.29, 1.82) is 0 Å². The lowest BCUT2D eigenvalue weighted by molar-refractivity contribution is -0.126. The van der Waals surface area contributed by atoms with Crippen LogP contribution in [0.25, 0.3) is 11.3 Å². The second-order valence-electron chi connectivity index (χ2n) is 6.36. The highest BCUT2D eigenvalue weighted by molar-refractivity contribution is 6.29. The van der Waals surface area contributed by atoms with Crippen molar-refractivity contribution in [3.63, 3.8) is 0 Å². The zero-order chi connectivity index (χ0) is 18.7. The highest BCUT2D eigenvalue weighted by Crippen LogP contribution is 2.36. The van der Waals surface area contributed by atoms with Crippen molar-refractivity contribution in [2.75, 3.05) is 12.4 Å². The highest BCUT2D eigenvalue weighted by Gasteiger charge is 2.39. The minimum Gasteiger partial charge on any atom is -0.371 e. The molecule has 9 heteroatoms. The molecule has 0 unspecified atom stereocenters. The predicted octanol–water partition coefficient (Wildman–Crippen LogP) is 3.85. The lowest BCUT2D eigenvalue weighted by atomic mass is 9.80. The van der Waals surface area contributed by atoms with Crippen LogP contribution in [0.5, 0.6) is 0 Å². The lowest BCUT2D eigenvalue weighted by Crippen LogP contribution is -2.52. The standard InChI is InChI=1S/C17H20ClF2N5O/c1-21-15(26)17(6-3-2-4-7-17)23-13-9-14(18)22-10-11(13)12-5-8-25(24-12)16(19)20/h5,8-10,16H,2-4,6-7H2,1H3,(H,21,26)(H,22,23). The number of likely N-dealkylation sites (N-methyl/N-ethyl adjacent to an activating group) is 1. The molecular formula is C17H20ClF2N5O. The third kappa shape index (κ3) is 3.65. The first-order chi connectivity index (χ1) is 12.4. The third-order valence-electron chi connectivity index (χ3n) is 4.70. The summed E-state index contributed by atoms with van der Waals surface area (Å²) in [6.45, 7) is -2.73. The van der Waals surface area contributed by atoms with Crippen LogP contribution in [0.15, 0.2) is 24.5 Å². The fraction of sp³-hybridized carbons (Fsp3) is 0.471. The van der Waals surface area contributed by atoms with Gasteiger partial charge in [0.25, 0.3) is 0 Å². The second-order valence-corrected chi connectivity index (χ2v) is 6.75. The maximum atomic E-state index is 12.8. The Hall–Kier alpha value is -2.22. The van der Waals surface area contributed by atoms with E-state index in [9.17, 15) is 13.6 Å². The van der Waals surface area contributed by atoms with Crippen LogP contribution in [-0.4, -0.2) is 33.3 Å². The summed E-state index contributed by atoms with van der Waals surface area (Å²) in [5.74, 6) is -0.103. The SMILES string of the molecule is CNC(=O)C1(Nc2cc(Cl)ncc2-c2ccn(C(F)F)n2)CCCCC1. The van der Waals surface area contributed by atoms with E-state index < -0.39 is 12.1 Å². The molecule has 0 radical (unpaired) electrons. The average molecular weight is 384 g/mol. The molecule has 2 aromatic heterocycles. The number of anilines is 1. The molecule has 1 saturated carbocycles. The van der Waals surface area contributed by atoms with E-state index in [4.69, 9.17) is 11.6 Å². The molecule has 0 saturated heterocycles. The Morgan fingerprint density at radius 2 is 2.08 bits per heavy atom. The number of hydrogen-bond donors (Lipinski definition) is 2. The van der Waals surface area contributed by atoms with Gasteiger partial charge in [-0.3, -0.25) is 4.79 Å². The van der Waals surface area contributed by atoms with Gasteiger partial charge in [-0.1, -0.05) is 30.9 Å². The quantitative estimate of drug-likeness (QED) is 0.769. The Balaban J connectivity index is 2.00. The maximum absolute atomic E-state index is 12.8. The number of pyridine rings is 1. The molecule has 0 aliphatic heterocycles. The zero-order valence-electron chi connectivity index (χ0n) is 14.3. The summed E-state index contributed by atoms with van der Waals surface area (Å²) in [6, 6.07) is 3.08. The number of aromatic nitrogens is 3. The summed E-state index contributed by atoms with van der Waals surface area (Å²) < 4.78 is 26.3. The molecule has 1 aliphatic rings. The van der Waals surface area contributed by atoms with Crippen LogP contribution in [0, 0.1) is 0 Å². The van der Waals surface area contributed by atoms with Gasteiger partial charge in [0.15, 0.2) is 0 Å². The van der Waals surface area contributed by atoms with Gasteiger partial charge < -0.3 is 10.6 Å². The van der Waals surface area contributed by atoms with Crippen molar-refractivity contribution in [2.45, 2.75) is 44.2 Å². The molecular weight excluding hydrogens is 364 g/mol. The Morgan fingerprint density at radius 3 is 2.69 bits per heavy atom. The summed E-state index contributed by atoms with van der Waals surface area (Å²) in [6.07, 6.45) is 6.96. The smallest absolute Gasteiger partial charge is 0.333 e. The highest BCUT2D eigenvalue weighted by atomic mass is 35.5. The van der Waals surface area contributed by atoms with E-state index >= 15 is 0 Å². The average Bonchev–Trinajstić information content (AvgIpc) is 3.12. The molecule has 0 atom stereocenters. The van der Waals surface area contributed by atoms with Crippen LogP contribution in [0.3, 0.4) is 0 Å². The summed E-state index contributed by atoms with van der Waals surface area (Å²) in [5, 5.41) is 10.2. The first-order valence-electron chi connectivity index (χ1n) is 8.45. The predicted molar refractivity (Wildman–Crippen MR) is 95.2 cm³/mol. The Bertz CT molecular complexity index is 789.